The van der Waals surface area contributed by atoms with Crippen molar-refractivity contribution < 1.29 is 171 Å². The molecule has 0 aliphatic rings. The minimum Gasteiger partial charge on any atom is -1.00 e. The quantitative estimate of drug-likeness (QED) is 0.260. The van der Waals surface area contributed by atoms with Crippen LogP contribution >= 0.6 is 0 Å². The summed E-state index contributed by atoms with van der Waals surface area (Å²) in [5, 5.41) is 0. The van der Waals surface area contributed by atoms with Gasteiger partial charge in [0.15, 0.2) is 0 Å². The second kappa shape index (κ2) is 495. The van der Waals surface area contributed by atoms with Crippen LogP contribution in [0.5, 0.6) is 0 Å². The number of rotatable bonds is 0. The van der Waals surface area contributed by atoms with E-state index in [0.29, 0.717) is 0 Å². The molecular formula is H10Cl2O9Zn5-2. The third kappa shape index (κ3) is 416. The van der Waals surface area contributed by atoms with E-state index in [1.807, 2.05) is 0 Å². The van der Waals surface area contributed by atoms with E-state index in [1.54, 1.807) is 0 Å². The smallest absolute Gasteiger partial charge is 1.00 e. The molecule has 0 amide bonds. The molecule has 16 heteroatoms. The minimum absolute atomic E-state index is 0. The standard InChI is InChI=1S/2ClH.9H2O.5Zn/h2*1H;9*1H2;;;;;/q;;;;;;;;;;;;4*+2/p-10. The maximum Gasteiger partial charge on any atom is 2.00 e. The van der Waals surface area contributed by atoms with Gasteiger partial charge < -0.3 is 74.1 Å². The van der Waals surface area contributed by atoms with Crippen molar-refractivity contribution in [2.24, 2.45) is 0 Å². The van der Waals surface area contributed by atoms with Crippen LogP contribution in [0.25, 0.3) is 0 Å². The Morgan fingerprint density at radius 2 is 0.312 bits per heavy atom. The zero-order valence-corrected chi connectivity index (χ0v) is 24.7. The Bertz CT molecular complexity index is 21.9. The molecule has 10 N–H and O–H groups in total. The van der Waals surface area contributed by atoms with E-state index in [9.17, 15) is 0 Å². The van der Waals surface area contributed by atoms with Crippen LogP contribution in [0.3, 0.4) is 0 Å². The fourth-order valence-electron chi connectivity index (χ4n) is 0. The molecular weight excluding hydrogens is 542 g/mol. The summed E-state index contributed by atoms with van der Waals surface area (Å²) >= 11 is 0. The van der Waals surface area contributed by atoms with Gasteiger partial charge in [0.2, 0.25) is 0 Å². The molecule has 0 aliphatic carbocycles. The molecule has 0 radical (unpaired) electrons. The Morgan fingerprint density at radius 3 is 0.312 bits per heavy atom. The molecule has 16 heavy (non-hydrogen) atoms. The second-order valence-electron chi connectivity index (χ2n) is 0. The average Bonchev–Trinajstić information content (AvgIpc) is 0. The van der Waals surface area contributed by atoms with Crippen molar-refractivity contribution in [1.29, 1.82) is 0 Å². The largest absolute Gasteiger partial charge is 2.00 e. The third-order valence-electron chi connectivity index (χ3n) is 0. The van der Waals surface area contributed by atoms with Crippen LogP contribution in [-0.4, -0.2) is 49.3 Å². The molecule has 0 unspecified atom stereocenters. The number of hydrogen-bond donors (Lipinski definition) is 0. The zero-order valence-electron chi connectivity index (χ0n) is 8.37. The Balaban J connectivity index is 0. The van der Waals surface area contributed by atoms with Gasteiger partial charge in [-0.25, -0.2) is 0 Å². The third-order valence-corrected chi connectivity index (χ3v) is 0. The Kier molecular flexibility index (Phi) is 18100. The molecule has 0 rings (SSSR count). The molecule has 0 aromatic rings. The van der Waals surface area contributed by atoms with Gasteiger partial charge in [0.05, 0.1) is 0 Å². The van der Waals surface area contributed by atoms with Gasteiger partial charge in [-0.15, -0.1) is 0 Å². The Hall–Kier alpha value is 3.34. The topological polar surface area (TPSA) is 272 Å². The molecule has 0 bridgehead atoms. The van der Waals surface area contributed by atoms with E-state index in [0.717, 1.165) is 0 Å². The van der Waals surface area contributed by atoms with Crippen LogP contribution in [0.15, 0.2) is 0 Å². The van der Waals surface area contributed by atoms with Crippen molar-refractivity contribution in [2.45, 2.75) is 0 Å². The van der Waals surface area contributed by atoms with E-state index in [4.69, 9.17) is 0 Å². The van der Waals surface area contributed by atoms with Crippen LogP contribution in [0.1, 0.15) is 0 Å². The molecule has 0 heterocycles. The molecule has 90 valence electrons. The summed E-state index contributed by atoms with van der Waals surface area (Å²) in [6.45, 7) is 0. The van der Waals surface area contributed by atoms with E-state index < -0.39 is 0 Å². The Morgan fingerprint density at radius 1 is 0.312 bits per heavy atom. The molecule has 0 saturated heterocycles. The maximum atomic E-state index is 0. The zero-order chi connectivity index (χ0) is 0. The summed E-state index contributed by atoms with van der Waals surface area (Å²) < 4.78 is 0. The number of halogens is 2. The van der Waals surface area contributed by atoms with Gasteiger partial charge in [-0.3, -0.25) is 0 Å². The first-order valence-electron chi connectivity index (χ1n) is 0. The second-order valence-corrected chi connectivity index (χ2v) is 0. The first-order chi connectivity index (χ1) is 0. The summed E-state index contributed by atoms with van der Waals surface area (Å²) in [7, 11) is 0. The monoisotopic (exact) mass is 544 g/mol. The minimum atomic E-state index is 0. The van der Waals surface area contributed by atoms with E-state index in [-0.39, 0.29) is 171 Å². The van der Waals surface area contributed by atoms with Crippen LogP contribution in [0.2, 0.25) is 0 Å². The average molecular weight is 552 g/mol. The van der Waals surface area contributed by atoms with Gasteiger partial charge in [-0.05, 0) is 0 Å². The number of hydrogen-bond acceptors (Lipinski definition) is 8. The van der Waals surface area contributed by atoms with E-state index in [2.05, 4.69) is 0 Å². The summed E-state index contributed by atoms with van der Waals surface area (Å²) in [6.07, 6.45) is 0. The fraction of sp³-hybridized carbons (Fsp3) is 0. The molecule has 0 atom stereocenters. The first kappa shape index (κ1) is 584. The predicted molar refractivity (Wildman–Crippen MR) is 19.1 cm³/mol. The van der Waals surface area contributed by atoms with Crippen LogP contribution in [-0.2, 0) is 97.4 Å². The van der Waals surface area contributed by atoms with Crippen molar-refractivity contribution in [3.05, 3.63) is 0 Å². The van der Waals surface area contributed by atoms with Gasteiger partial charge in [0.1, 0.15) is 0 Å². The fourth-order valence-corrected chi connectivity index (χ4v) is 0. The first-order valence-corrected chi connectivity index (χ1v) is 0. The Labute approximate surface area is 169 Å². The normalized spacial score (nSPS) is 0. The summed E-state index contributed by atoms with van der Waals surface area (Å²) in [6, 6.07) is 0. The molecule has 0 aromatic heterocycles. The van der Waals surface area contributed by atoms with Gasteiger partial charge in [0, 0.05) is 19.5 Å². The van der Waals surface area contributed by atoms with Crippen LogP contribution in [0.4, 0.5) is 0 Å². The van der Waals surface area contributed by atoms with E-state index in [1.165, 1.54) is 0 Å². The van der Waals surface area contributed by atoms with Crippen molar-refractivity contribution in [3.8, 4) is 0 Å². The van der Waals surface area contributed by atoms with Gasteiger partial charge in [-0.2, -0.15) is 0 Å². The van der Waals surface area contributed by atoms with Crippen molar-refractivity contribution >= 4 is 0 Å². The summed E-state index contributed by atoms with van der Waals surface area (Å²) in [5.41, 5.74) is 0. The van der Waals surface area contributed by atoms with Crippen molar-refractivity contribution in [1.82, 2.24) is 0 Å². The van der Waals surface area contributed by atoms with Crippen LogP contribution in [0, 0.1) is 0 Å². The molecule has 0 saturated carbocycles. The van der Waals surface area contributed by atoms with Crippen LogP contribution < -0.4 is 24.8 Å². The van der Waals surface area contributed by atoms with Gasteiger partial charge >= 0.3 is 77.9 Å². The van der Waals surface area contributed by atoms with Gasteiger partial charge in [0.25, 0.3) is 0 Å². The SMILES string of the molecule is O.[Cl-].[Cl-].[OH-].[OH-].[OH-].[OH-].[OH-].[OH-].[OH-].[OH-].[Zn+2].[Zn+2].[Zn+2].[Zn+2].[Zn]. The molecule has 0 spiro atoms. The van der Waals surface area contributed by atoms with Crippen molar-refractivity contribution in [3.63, 3.8) is 0 Å². The summed E-state index contributed by atoms with van der Waals surface area (Å²) in [5.74, 6) is 0. The van der Waals surface area contributed by atoms with Gasteiger partial charge in [-0.1, -0.05) is 0 Å². The van der Waals surface area contributed by atoms with Crippen molar-refractivity contribution in [2.75, 3.05) is 0 Å². The summed E-state index contributed by atoms with van der Waals surface area (Å²) in [4.78, 5) is 0. The molecule has 0 fully saturated rings. The predicted octanol–water partition coefficient (Wildman–Crippen LogP) is -8.24. The molecule has 9 nitrogen and oxygen atoms in total. The van der Waals surface area contributed by atoms with E-state index >= 15 is 0 Å². The molecule has 0 aromatic carbocycles. The molecule has 0 aliphatic heterocycles. The maximum absolute atomic E-state index is 0.